The molecule has 7 nitrogen and oxygen atoms in total. The number of H-pyrrole nitrogens is 1. The van der Waals surface area contributed by atoms with Crippen molar-refractivity contribution in [3.63, 3.8) is 0 Å². The Labute approximate surface area is 242 Å². The second-order valence-electron chi connectivity index (χ2n) is 10.0. The number of hydrogen-bond donors (Lipinski definition) is 1. The average Bonchev–Trinajstić information content (AvgIpc) is 3.46. The van der Waals surface area contributed by atoms with Crippen LogP contribution in [0.15, 0.2) is 85.5 Å². The van der Waals surface area contributed by atoms with Crippen molar-refractivity contribution in [3.05, 3.63) is 102 Å². The van der Waals surface area contributed by atoms with Gasteiger partial charge in [-0.15, -0.1) is 4.98 Å². The second kappa shape index (κ2) is 12.7. The van der Waals surface area contributed by atoms with Gasteiger partial charge in [0.05, 0.1) is 22.7 Å². The molecule has 6 rings (SSSR count). The van der Waals surface area contributed by atoms with E-state index in [1.807, 2.05) is 18.2 Å². The minimum atomic E-state index is -0.298. The molecule has 1 fully saturated rings. The van der Waals surface area contributed by atoms with Crippen LogP contribution in [-0.4, -0.2) is 29.1 Å². The number of ether oxygens (including phenoxy) is 3. The highest BCUT2D eigenvalue weighted by Crippen LogP contribution is 2.32. The summed E-state index contributed by atoms with van der Waals surface area (Å²) in [6.45, 7) is 2.38. The lowest BCUT2D eigenvalue weighted by atomic mass is 10.1. The Hall–Kier alpha value is -3.98. The minimum Gasteiger partial charge on any atom is -0.487 e. The second-order valence-corrected chi connectivity index (χ2v) is 10.4. The number of hydrogen-bond acceptors (Lipinski definition) is 5. The molecule has 5 aromatic rings. The number of nitrogens with one attached hydrogen (secondary N) is 2. The van der Waals surface area contributed by atoms with Gasteiger partial charge in [-0.3, -0.25) is 5.32 Å². The third-order valence-electron chi connectivity index (χ3n) is 7.04. The minimum absolute atomic E-state index is 0.0761. The van der Waals surface area contributed by atoms with Crippen LogP contribution in [0.25, 0.3) is 22.0 Å². The van der Waals surface area contributed by atoms with Gasteiger partial charge in [0.2, 0.25) is 12.1 Å². The van der Waals surface area contributed by atoms with E-state index in [2.05, 4.69) is 50.4 Å². The molecule has 0 spiro atoms. The maximum Gasteiger partial charge on any atom is 0.234 e. The first-order valence-corrected chi connectivity index (χ1v) is 14.1. The lowest BCUT2D eigenvalue weighted by Gasteiger charge is -2.22. The molecule has 2 aromatic heterocycles. The molecular formula is C32H31ClFN4O3+. The van der Waals surface area contributed by atoms with Crippen molar-refractivity contribution in [2.45, 2.75) is 38.7 Å². The summed E-state index contributed by atoms with van der Waals surface area (Å²) in [5, 5.41) is 4.81. The van der Waals surface area contributed by atoms with E-state index < -0.39 is 0 Å². The van der Waals surface area contributed by atoms with Crippen LogP contribution < -0.4 is 15.0 Å². The van der Waals surface area contributed by atoms with Crippen molar-refractivity contribution in [2.24, 2.45) is 0 Å². The van der Waals surface area contributed by atoms with Gasteiger partial charge in [0.15, 0.2) is 11.8 Å². The lowest BCUT2D eigenvalue weighted by Crippen LogP contribution is -2.23. The zero-order valence-electron chi connectivity index (χ0n) is 22.5. The number of nitrogens with zero attached hydrogens (tertiary/aromatic N) is 2. The first-order chi connectivity index (χ1) is 20.1. The standard InChI is InChI=1S/C32H30ClFN4O3/c33-28-18-26(8-10-30(28)41-20-22-4-3-5-25(34)16-22)37-32-27-17-23(7-9-29(27)35-21-36-32)24-11-12-38(19-24)13-15-40-31-6-1-2-14-39-31/h3-5,7-12,16-19,21,31H,1-2,6,13-15,20H2,(H,35,36,37)/p+1. The Morgan fingerprint density at radius 1 is 1.07 bits per heavy atom. The van der Waals surface area contributed by atoms with Gasteiger partial charge >= 0.3 is 0 Å². The van der Waals surface area contributed by atoms with E-state index in [1.165, 1.54) is 12.1 Å². The van der Waals surface area contributed by atoms with Gasteiger partial charge in [-0.25, -0.2) is 9.37 Å². The summed E-state index contributed by atoms with van der Waals surface area (Å²) in [5.74, 6) is 1.02. The summed E-state index contributed by atoms with van der Waals surface area (Å²) in [6, 6.07) is 20.1. The molecule has 0 radical (unpaired) electrons. The number of halogens is 2. The summed E-state index contributed by atoms with van der Waals surface area (Å²) in [7, 11) is 0. The zero-order chi connectivity index (χ0) is 28.0. The van der Waals surface area contributed by atoms with Crippen LogP contribution in [0.5, 0.6) is 5.75 Å². The van der Waals surface area contributed by atoms with E-state index in [0.29, 0.717) is 17.4 Å². The summed E-state index contributed by atoms with van der Waals surface area (Å²) < 4.78 is 33.0. The first kappa shape index (κ1) is 27.2. The van der Waals surface area contributed by atoms with Crippen LogP contribution in [0.2, 0.25) is 5.02 Å². The normalized spacial score (nSPS) is 15.2. The maximum absolute atomic E-state index is 13.5. The van der Waals surface area contributed by atoms with Gasteiger partial charge in [-0.1, -0.05) is 29.8 Å². The summed E-state index contributed by atoms with van der Waals surface area (Å²) in [4.78, 5) is 7.72. The molecule has 1 aliphatic rings. The average molecular weight is 574 g/mol. The third-order valence-corrected chi connectivity index (χ3v) is 7.33. The van der Waals surface area contributed by atoms with Crippen LogP contribution >= 0.6 is 11.6 Å². The molecule has 3 heterocycles. The molecule has 1 saturated heterocycles. The molecular weight excluding hydrogens is 543 g/mol. The number of aromatic amines is 1. The highest BCUT2D eigenvalue weighted by Gasteiger charge is 2.15. The number of anilines is 2. The van der Waals surface area contributed by atoms with Crippen molar-refractivity contribution in [3.8, 4) is 16.9 Å². The largest absolute Gasteiger partial charge is 0.487 e. The van der Waals surface area contributed by atoms with Crippen LogP contribution in [0.3, 0.4) is 0 Å². The van der Waals surface area contributed by atoms with Gasteiger partial charge in [-0.05, 0) is 84.5 Å². The molecule has 9 heteroatoms. The van der Waals surface area contributed by atoms with Crippen molar-refractivity contribution in [1.29, 1.82) is 0 Å². The van der Waals surface area contributed by atoms with Gasteiger partial charge in [-0.2, -0.15) is 0 Å². The number of fused-ring (bicyclic) bond motifs is 1. The lowest BCUT2D eigenvalue weighted by molar-refractivity contribution is -0.363. The Bertz CT molecular complexity index is 1640. The molecule has 0 bridgehead atoms. The van der Waals surface area contributed by atoms with Crippen molar-refractivity contribution in [1.82, 2.24) is 9.55 Å². The SMILES string of the molecule is Fc1cccc(COc2ccc(Nc3[nH+]cnc4ccc(-c5ccn(CCOC6CCCCO6)c5)cc34)cc2Cl)c1. The fourth-order valence-electron chi connectivity index (χ4n) is 4.89. The van der Waals surface area contributed by atoms with E-state index >= 15 is 0 Å². The molecule has 1 aliphatic heterocycles. The predicted octanol–water partition coefficient (Wildman–Crippen LogP) is 7.18. The Morgan fingerprint density at radius 3 is 2.88 bits per heavy atom. The smallest absolute Gasteiger partial charge is 0.234 e. The van der Waals surface area contributed by atoms with E-state index in [0.717, 1.165) is 71.5 Å². The van der Waals surface area contributed by atoms with Crippen LogP contribution in [0, 0.1) is 5.82 Å². The van der Waals surface area contributed by atoms with Crippen LogP contribution in [0.1, 0.15) is 24.8 Å². The van der Waals surface area contributed by atoms with Gasteiger partial charge in [0, 0.05) is 25.5 Å². The van der Waals surface area contributed by atoms with Crippen LogP contribution in [-0.2, 0) is 22.6 Å². The highest BCUT2D eigenvalue weighted by molar-refractivity contribution is 6.32. The van der Waals surface area contributed by atoms with Crippen molar-refractivity contribution in [2.75, 3.05) is 18.5 Å². The summed E-state index contributed by atoms with van der Waals surface area (Å²) in [6.07, 6.45) is 9.03. The fraction of sp³-hybridized carbons (Fsp3) is 0.250. The summed E-state index contributed by atoms with van der Waals surface area (Å²) >= 11 is 6.52. The Morgan fingerprint density at radius 2 is 2.02 bits per heavy atom. The van der Waals surface area contributed by atoms with Gasteiger partial charge in [0.1, 0.15) is 18.2 Å². The molecule has 0 aliphatic carbocycles. The summed E-state index contributed by atoms with van der Waals surface area (Å²) in [5.41, 5.74) is 4.57. The molecule has 1 unspecified atom stereocenters. The fourth-order valence-corrected chi connectivity index (χ4v) is 5.12. The molecule has 41 heavy (non-hydrogen) atoms. The molecule has 3 aromatic carbocycles. The molecule has 2 N–H and O–H groups in total. The highest BCUT2D eigenvalue weighted by atomic mass is 35.5. The maximum atomic E-state index is 13.5. The van der Waals surface area contributed by atoms with E-state index in [4.69, 9.17) is 25.8 Å². The number of aromatic nitrogens is 3. The zero-order valence-corrected chi connectivity index (χ0v) is 23.2. The molecule has 1 atom stereocenters. The van der Waals surface area contributed by atoms with E-state index in [1.54, 1.807) is 24.5 Å². The number of rotatable bonds is 10. The van der Waals surface area contributed by atoms with Gasteiger partial charge in [0.25, 0.3) is 0 Å². The number of benzene rings is 3. The molecule has 0 saturated carbocycles. The van der Waals surface area contributed by atoms with E-state index in [9.17, 15) is 4.39 Å². The molecule has 210 valence electrons. The predicted molar refractivity (Wildman–Crippen MR) is 157 cm³/mol. The van der Waals surface area contributed by atoms with Gasteiger partial charge < -0.3 is 18.8 Å². The third kappa shape index (κ3) is 6.85. The molecule has 0 amide bonds. The monoisotopic (exact) mass is 573 g/mol. The quantitative estimate of drug-likeness (QED) is 0.192. The van der Waals surface area contributed by atoms with Crippen molar-refractivity contribution >= 4 is 34.0 Å². The van der Waals surface area contributed by atoms with Crippen LogP contribution in [0.4, 0.5) is 15.9 Å². The Kier molecular flexibility index (Phi) is 8.41. The topological polar surface area (TPSA) is 71.7 Å². The van der Waals surface area contributed by atoms with Crippen molar-refractivity contribution < 1.29 is 23.6 Å². The van der Waals surface area contributed by atoms with E-state index in [-0.39, 0.29) is 18.7 Å². The Balaban J connectivity index is 1.13. The first-order valence-electron chi connectivity index (χ1n) is 13.7.